The predicted octanol–water partition coefficient (Wildman–Crippen LogP) is 2.78. The molecule has 0 aliphatic heterocycles. The molecule has 0 aromatic heterocycles. The maximum atomic E-state index is 11.3. The third-order valence-corrected chi connectivity index (χ3v) is 2.52. The van der Waals surface area contributed by atoms with Crippen molar-refractivity contribution < 1.29 is 19.9 Å². The lowest BCUT2D eigenvalue weighted by Crippen LogP contribution is -2.02. The number of nitro benzene ring substituents is 1. The number of azo groups is 1. The number of benzene rings is 2. The van der Waals surface area contributed by atoms with Gasteiger partial charge in [0.25, 0.3) is 5.69 Å². The standard InChI is InChI=1S/C13H9N3O5/c17-12-5-4-9(7-11(12)13(18)19)15-14-8-2-1-3-10(6-8)16(20)21/h1-7,17H,(H,18,19)/p-1. The number of carboxylic acids is 1. The van der Waals surface area contributed by atoms with Crippen molar-refractivity contribution in [1.29, 1.82) is 0 Å². The Kier molecular flexibility index (Phi) is 3.89. The summed E-state index contributed by atoms with van der Waals surface area (Å²) in [7, 11) is 0. The van der Waals surface area contributed by atoms with Crippen molar-refractivity contribution in [1.82, 2.24) is 0 Å². The van der Waals surface area contributed by atoms with Crippen molar-refractivity contribution in [3.8, 4) is 5.75 Å². The predicted molar refractivity (Wildman–Crippen MR) is 70.1 cm³/mol. The van der Waals surface area contributed by atoms with Crippen LogP contribution in [0.15, 0.2) is 52.7 Å². The molecule has 0 amide bonds. The number of carboxylic acid groups (broad SMARTS) is 1. The van der Waals surface area contributed by atoms with Crippen LogP contribution in [0.25, 0.3) is 0 Å². The van der Waals surface area contributed by atoms with Gasteiger partial charge >= 0.3 is 5.97 Å². The van der Waals surface area contributed by atoms with Crippen LogP contribution >= 0.6 is 0 Å². The van der Waals surface area contributed by atoms with Crippen molar-refractivity contribution in [2.75, 3.05) is 0 Å². The zero-order valence-corrected chi connectivity index (χ0v) is 10.5. The van der Waals surface area contributed by atoms with Gasteiger partial charge in [0.15, 0.2) is 0 Å². The number of rotatable bonds is 4. The van der Waals surface area contributed by atoms with Crippen molar-refractivity contribution in [3.05, 3.63) is 58.1 Å². The van der Waals surface area contributed by atoms with E-state index in [0.29, 0.717) is 0 Å². The topological polar surface area (TPSA) is 128 Å². The van der Waals surface area contributed by atoms with Gasteiger partial charge in [-0.2, -0.15) is 10.2 Å². The highest BCUT2D eigenvalue weighted by Gasteiger charge is 2.06. The zero-order chi connectivity index (χ0) is 15.4. The lowest BCUT2D eigenvalue weighted by Gasteiger charge is -2.09. The van der Waals surface area contributed by atoms with Gasteiger partial charge < -0.3 is 10.2 Å². The molecule has 0 unspecified atom stereocenters. The molecule has 2 aromatic rings. The summed E-state index contributed by atoms with van der Waals surface area (Å²) in [6, 6.07) is 8.98. The molecule has 8 nitrogen and oxygen atoms in total. The molecular weight excluding hydrogens is 278 g/mol. The number of aromatic carboxylic acids is 1. The van der Waals surface area contributed by atoms with Gasteiger partial charge in [0, 0.05) is 12.1 Å². The Balaban J connectivity index is 2.29. The molecular formula is C13H8N3O5-. The average molecular weight is 286 g/mol. The van der Waals surface area contributed by atoms with Crippen molar-refractivity contribution >= 4 is 23.0 Å². The molecule has 0 heterocycles. The third kappa shape index (κ3) is 3.38. The van der Waals surface area contributed by atoms with E-state index in [1.807, 2.05) is 0 Å². The normalized spacial score (nSPS) is 10.7. The summed E-state index contributed by atoms with van der Waals surface area (Å²) in [5, 5.41) is 38.3. The summed E-state index contributed by atoms with van der Waals surface area (Å²) in [5.74, 6) is -1.98. The number of carbonyl (C=O) groups is 1. The van der Waals surface area contributed by atoms with Gasteiger partial charge in [0.2, 0.25) is 0 Å². The third-order valence-electron chi connectivity index (χ3n) is 2.52. The summed E-state index contributed by atoms with van der Waals surface area (Å²) in [6.07, 6.45) is 0. The molecule has 0 aliphatic rings. The van der Waals surface area contributed by atoms with E-state index in [-0.39, 0.29) is 17.1 Å². The minimum absolute atomic E-state index is 0.132. The molecule has 21 heavy (non-hydrogen) atoms. The fourth-order valence-electron chi connectivity index (χ4n) is 1.53. The number of non-ortho nitro benzene ring substituents is 1. The van der Waals surface area contributed by atoms with Gasteiger partial charge in [0.1, 0.15) is 0 Å². The van der Waals surface area contributed by atoms with Crippen LogP contribution in [0.3, 0.4) is 0 Å². The Morgan fingerprint density at radius 3 is 2.38 bits per heavy atom. The SMILES string of the molecule is O=C(O)c1cc(N=Nc2cccc([N+](=O)[O-])c2)ccc1[O-]. The molecule has 0 saturated heterocycles. The molecule has 8 heteroatoms. The molecule has 2 rings (SSSR count). The molecule has 0 spiro atoms. The molecule has 0 aliphatic carbocycles. The fourth-order valence-corrected chi connectivity index (χ4v) is 1.53. The molecule has 0 fully saturated rings. The van der Waals surface area contributed by atoms with Gasteiger partial charge in [-0.05, 0) is 18.2 Å². The van der Waals surface area contributed by atoms with Crippen LogP contribution in [0, 0.1) is 10.1 Å². The highest BCUT2D eigenvalue weighted by Crippen LogP contribution is 2.25. The molecule has 0 atom stereocenters. The second-order valence-electron chi connectivity index (χ2n) is 3.96. The van der Waals surface area contributed by atoms with Crippen molar-refractivity contribution in [3.63, 3.8) is 0 Å². The number of hydrogen-bond acceptors (Lipinski definition) is 6. The molecule has 0 bridgehead atoms. The lowest BCUT2D eigenvalue weighted by atomic mass is 10.2. The summed E-state index contributed by atoms with van der Waals surface area (Å²) in [6.45, 7) is 0. The van der Waals surface area contributed by atoms with Gasteiger partial charge in [-0.3, -0.25) is 10.1 Å². The van der Waals surface area contributed by atoms with Gasteiger partial charge in [-0.25, -0.2) is 4.79 Å². The first-order chi connectivity index (χ1) is 9.97. The first-order valence-corrected chi connectivity index (χ1v) is 5.68. The minimum atomic E-state index is -1.35. The summed E-state index contributed by atoms with van der Waals surface area (Å²) in [4.78, 5) is 20.9. The van der Waals surface area contributed by atoms with Crippen LogP contribution in [-0.2, 0) is 0 Å². The second kappa shape index (κ2) is 5.78. The van der Waals surface area contributed by atoms with E-state index in [4.69, 9.17) is 5.11 Å². The number of nitrogens with zero attached hydrogens (tertiary/aromatic N) is 3. The van der Waals surface area contributed by atoms with Crippen molar-refractivity contribution in [2.24, 2.45) is 10.2 Å². The van der Waals surface area contributed by atoms with E-state index >= 15 is 0 Å². The maximum absolute atomic E-state index is 11.3. The second-order valence-corrected chi connectivity index (χ2v) is 3.96. The van der Waals surface area contributed by atoms with Gasteiger partial charge in [-0.15, -0.1) is 0 Å². The first kappa shape index (κ1) is 14.1. The number of hydrogen-bond donors (Lipinski definition) is 1. The Labute approximate surface area is 118 Å². The summed E-state index contributed by atoms with van der Waals surface area (Å²) < 4.78 is 0. The van der Waals surface area contributed by atoms with Crippen LogP contribution in [0.2, 0.25) is 0 Å². The minimum Gasteiger partial charge on any atom is -0.872 e. The number of nitro groups is 1. The first-order valence-electron chi connectivity index (χ1n) is 5.68. The smallest absolute Gasteiger partial charge is 0.335 e. The van der Waals surface area contributed by atoms with Crippen LogP contribution < -0.4 is 5.11 Å². The van der Waals surface area contributed by atoms with E-state index in [0.717, 1.165) is 12.1 Å². The average Bonchev–Trinajstić information content (AvgIpc) is 2.46. The van der Waals surface area contributed by atoms with Crippen LogP contribution in [0.5, 0.6) is 5.75 Å². The van der Waals surface area contributed by atoms with Crippen LogP contribution in [0.4, 0.5) is 17.1 Å². The Bertz CT molecular complexity index is 742. The van der Waals surface area contributed by atoms with Crippen LogP contribution in [0.1, 0.15) is 10.4 Å². The maximum Gasteiger partial charge on any atom is 0.335 e. The zero-order valence-electron chi connectivity index (χ0n) is 10.5. The Morgan fingerprint density at radius 1 is 1.10 bits per heavy atom. The Morgan fingerprint density at radius 2 is 1.76 bits per heavy atom. The quantitative estimate of drug-likeness (QED) is 0.525. The van der Waals surface area contributed by atoms with Gasteiger partial charge in [0.05, 0.1) is 21.9 Å². The molecule has 2 aromatic carbocycles. The molecule has 0 radical (unpaired) electrons. The summed E-state index contributed by atoms with van der Waals surface area (Å²) >= 11 is 0. The van der Waals surface area contributed by atoms with Gasteiger partial charge in [-0.1, -0.05) is 17.9 Å². The molecule has 0 saturated carbocycles. The molecule has 106 valence electrons. The Hall–Kier alpha value is -3.29. The monoisotopic (exact) mass is 286 g/mol. The van der Waals surface area contributed by atoms with E-state index in [1.165, 1.54) is 30.3 Å². The van der Waals surface area contributed by atoms with Crippen molar-refractivity contribution in [2.45, 2.75) is 0 Å². The highest BCUT2D eigenvalue weighted by atomic mass is 16.6. The van der Waals surface area contributed by atoms with E-state index in [1.54, 1.807) is 0 Å². The molecule has 1 N–H and O–H groups in total. The van der Waals surface area contributed by atoms with Crippen LogP contribution in [-0.4, -0.2) is 16.0 Å². The fraction of sp³-hybridized carbons (Fsp3) is 0. The van der Waals surface area contributed by atoms with E-state index in [9.17, 15) is 20.0 Å². The largest absolute Gasteiger partial charge is 0.872 e. The van der Waals surface area contributed by atoms with E-state index in [2.05, 4.69) is 10.2 Å². The lowest BCUT2D eigenvalue weighted by molar-refractivity contribution is -0.384. The highest BCUT2D eigenvalue weighted by molar-refractivity contribution is 5.91. The summed E-state index contributed by atoms with van der Waals surface area (Å²) in [5.41, 5.74) is -0.135. The van der Waals surface area contributed by atoms with E-state index < -0.39 is 22.2 Å².